The first-order valence-corrected chi connectivity index (χ1v) is 8.21. The molecule has 24 heavy (non-hydrogen) atoms. The Balaban J connectivity index is 0.00000288. The van der Waals surface area contributed by atoms with Gasteiger partial charge in [0.1, 0.15) is 6.61 Å². The molecule has 0 aliphatic carbocycles. The summed E-state index contributed by atoms with van der Waals surface area (Å²) in [6.45, 7) is 7.83. The molecule has 1 unspecified atom stereocenters. The smallest absolute Gasteiger partial charge is 0.161 e. The molecule has 2 aromatic rings. The number of hydrogen-bond donors (Lipinski definition) is 1. The second-order valence-corrected chi connectivity index (χ2v) is 5.95. The lowest BCUT2D eigenvalue weighted by atomic mass is 10.1. The van der Waals surface area contributed by atoms with Crippen LogP contribution in [-0.4, -0.2) is 13.2 Å². The predicted octanol–water partition coefficient (Wildman–Crippen LogP) is 4.89. The molecule has 2 aromatic carbocycles. The van der Waals surface area contributed by atoms with Crippen LogP contribution in [0.3, 0.4) is 0 Å². The van der Waals surface area contributed by atoms with Crippen molar-refractivity contribution in [2.24, 2.45) is 0 Å². The van der Waals surface area contributed by atoms with Crippen molar-refractivity contribution in [3.8, 4) is 11.5 Å². The monoisotopic (exact) mass is 349 g/mol. The fraction of sp³-hybridized carbons (Fsp3) is 0.400. The van der Waals surface area contributed by atoms with E-state index >= 15 is 0 Å². The van der Waals surface area contributed by atoms with Crippen LogP contribution in [0.5, 0.6) is 11.5 Å². The van der Waals surface area contributed by atoms with E-state index in [0.717, 1.165) is 30.0 Å². The lowest BCUT2D eigenvalue weighted by Gasteiger charge is -2.14. The first kappa shape index (κ1) is 20.3. The van der Waals surface area contributed by atoms with Crippen LogP contribution >= 0.6 is 12.4 Å². The predicted molar refractivity (Wildman–Crippen MR) is 102 cm³/mol. The van der Waals surface area contributed by atoms with Crippen LogP contribution in [0.4, 0.5) is 0 Å². The average Bonchev–Trinajstić information content (AvgIpc) is 2.59. The number of nitrogens with one attached hydrogen (secondary N) is 1. The molecule has 0 heterocycles. The van der Waals surface area contributed by atoms with E-state index in [0.29, 0.717) is 12.6 Å². The second kappa shape index (κ2) is 10.2. The summed E-state index contributed by atoms with van der Waals surface area (Å²) in [4.78, 5) is 0. The zero-order valence-electron chi connectivity index (χ0n) is 15.0. The number of aryl methyl sites for hydroxylation is 1. The molecule has 0 spiro atoms. The first-order chi connectivity index (χ1) is 11.1. The molecule has 3 nitrogen and oxygen atoms in total. The van der Waals surface area contributed by atoms with Crippen LogP contribution in [0.15, 0.2) is 42.5 Å². The van der Waals surface area contributed by atoms with Crippen LogP contribution in [0.25, 0.3) is 0 Å². The van der Waals surface area contributed by atoms with E-state index in [1.165, 1.54) is 11.1 Å². The standard InChI is InChI=1S/C20H27NO2.ClH/c1-5-16(3)21-13-18-10-11-19(20(12-18)22-4)23-14-17-8-6-15(2)7-9-17;/h6-12,16,21H,5,13-14H2,1-4H3;1H. The van der Waals surface area contributed by atoms with E-state index in [2.05, 4.69) is 56.4 Å². The van der Waals surface area contributed by atoms with Crippen LogP contribution in [0, 0.1) is 6.92 Å². The van der Waals surface area contributed by atoms with Crippen molar-refractivity contribution in [1.82, 2.24) is 5.32 Å². The molecule has 0 fully saturated rings. The van der Waals surface area contributed by atoms with Gasteiger partial charge >= 0.3 is 0 Å². The molecule has 0 aromatic heterocycles. The van der Waals surface area contributed by atoms with Crippen LogP contribution in [0.2, 0.25) is 0 Å². The van der Waals surface area contributed by atoms with Crippen molar-refractivity contribution < 1.29 is 9.47 Å². The molecule has 1 N–H and O–H groups in total. The van der Waals surface area contributed by atoms with Crippen molar-refractivity contribution in [3.05, 3.63) is 59.2 Å². The molecule has 132 valence electrons. The fourth-order valence-corrected chi connectivity index (χ4v) is 2.22. The summed E-state index contributed by atoms with van der Waals surface area (Å²) >= 11 is 0. The van der Waals surface area contributed by atoms with E-state index in [1.807, 2.05) is 12.1 Å². The number of hydrogen-bond acceptors (Lipinski definition) is 3. The van der Waals surface area contributed by atoms with Gasteiger partial charge in [-0.05, 0) is 43.5 Å². The summed E-state index contributed by atoms with van der Waals surface area (Å²) in [5.41, 5.74) is 3.61. The minimum Gasteiger partial charge on any atom is -0.493 e. The number of halogens is 1. The van der Waals surface area contributed by atoms with Gasteiger partial charge in [-0.1, -0.05) is 42.8 Å². The third-order valence-corrected chi connectivity index (χ3v) is 4.01. The Bertz CT molecular complexity index is 614. The van der Waals surface area contributed by atoms with Gasteiger partial charge in [-0.15, -0.1) is 12.4 Å². The number of rotatable bonds is 8. The Kier molecular flexibility index (Phi) is 8.66. The highest BCUT2D eigenvalue weighted by Gasteiger charge is 2.07. The fourth-order valence-electron chi connectivity index (χ4n) is 2.22. The second-order valence-electron chi connectivity index (χ2n) is 5.95. The molecule has 2 rings (SSSR count). The highest BCUT2D eigenvalue weighted by molar-refractivity contribution is 5.85. The SMILES string of the molecule is CCC(C)NCc1ccc(OCc2ccc(C)cc2)c(OC)c1.Cl. The summed E-state index contributed by atoms with van der Waals surface area (Å²) < 4.78 is 11.4. The molecule has 4 heteroatoms. The van der Waals surface area contributed by atoms with Gasteiger partial charge in [-0.2, -0.15) is 0 Å². The highest BCUT2D eigenvalue weighted by Crippen LogP contribution is 2.29. The maximum absolute atomic E-state index is 5.91. The third kappa shape index (κ3) is 6.06. The van der Waals surface area contributed by atoms with Gasteiger partial charge in [-0.25, -0.2) is 0 Å². The highest BCUT2D eigenvalue weighted by atomic mass is 35.5. The van der Waals surface area contributed by atoms with Gasteiger partial charge in [-0.3, -0.25) is 0 Å². The number of benzene rings is 2. The first-order valence-electron chi connectivity index (χ1n) is 8.21. The lowest BCUT2D eigenvalue weighted by Crippen LogP contribution is -2.24. The van der Waals surface area contributed by atoms with Gasteiger partial charge in [0.2, 0.25) is 0 Å². The Hall–Kier alpha value is -1.71. The van der Waals surface area contributed by atoms with Gasteiger partial charge in [0.05, 0.1) is 7.11 Å². The normalized spacial score (nSPS) is 11.5. The Morgan fingerprint density at radius 3 is 2.29 bits per heavy atom. The van der Waals surface area contributed by atoms with E-state index in [9.17, 15) is 0 Å². The van der Waals surface area contributed by atoms with E-state index in [-0.39, 0.29) is 12.4 Å². The average molecular weight is 350 g/mol. The van der Waals surface area contributed by atoms with Gasteiger partial charge in [0.15, 0.2) is 11.5 Å². The molecule has 0 amide bonds. The molecule has 0 aliphatic rings. The maximum Gasteiger partial charge on any atom is 0.161 e. The van der Waals surface area contributed by atoms with Crippen molar-refractivity contribution in [2.45, 2.75) is 46.4 Å². The number of methoxy groups -OCH3 is 1. The molecule has 0 bridgehead atoms. The van der Waals surface area contributed by atoms with Crippen molar-refractivity contribution in [3.63, 3.8) is 0 Å². The van der Waals surface area contributed by atoms with Gasteiger partial charge in [0.25, 0.3) is 0 Å². The molecule has 0 saturated carbocycles. The molecule has 0 radical (unpaired) electrons. The molecule has 1 atom stereocenters. The quantitative estimate of drug-likeness (QED) is 0.735. The topological polar surface area (TPSA) is 30.5 Å². The lowest BCUT2D eigenvalue weighted by molar-refractivity contribution is 0.284. The van der Waals surface area contributed by atoms with Crippen molar-refractivity contribution >= 4 is 12.4 Å². The van der Waals surface area contributed by atoms with E-state index < -0.39 is 0 Å². The van der Waals surface area contributed by atoms with Gasteiger partial charge in [0, 0.05) is 12.6 Å². The van der Waals surface area contributed by atoms with Crippen LogP contribution < -0.4 is 14.8 Å². The Labute approximate surface area is 151 Å². The van der Waals surface area contributed by atoms with Crippen molar-refractivity contribution in [1.29, 1.82) is 0 Å². The minimum absolute atomic E-state index is 0. The summed E-state index contributed by atoms with van der Waals surface area (Å²) in [6, 6.07) is 15.0. The van der Waals surface area contributed by atoms with Crippen molar-refractivity contribution in [2.75, 3.05) is 7.11 Å². The van der Waals surface area contributed by atoms with E-state index in [1.54, 1.807) is 7.11 Å². The minimum atomic E-state index is 0. The van der Waals surface area contributed by atoms with Gasteiger partial charge < -0.3 is 14.8 Å². The third-order valence-electron chi connectivity index (χ3n) is 4.01. The molecular weight excluding hydrogens is 322 g/mol. The zero-order chi connectivity index (χ0) is 16.7. The summed E-state index contributed by atoms with van der Waals surface area (Å²) in [6.07, 6.45) is 1.12. The van der Waals surface area contributed by atoms with E-state index in [4.69, 9.17) is 9.47 Å². The Morgan fingerprint density at radius 2 is 1.67 bits per heavy atom. The summed E-state index contributed by atoms with van der Waals surface area (Å²) in [7, 11) is 1.68. The molecular formula is C20H28ClNO2. The largest absolute Gasteiger partial charge is 0.493 e. The van der Waals surface area contributed by atoms with Crippen LogP contribution in [-0.2, 0) is 13.2 Å². The Morgan fingerprint density at radius 1 is 1.00 bits per heavy atom. The zero-order valence-corrected chi connectivity index (χ0v) is 15.8. The molecule has 0 saturated heterocycles. The molecule has 0 aliphatic heterocycles. The summed E-state index contributed by atoms with van der Waals surface area (Å²) in [5, 5.41) is 3.49. The van der Waals surface area contributed by atoms with Crippen LogP contribution in [0.1, 0.15) is 37.0 Å². The number of ether oxygens (including phenoxy) is 2. The maximum atomic E-state index is 5.91. The summed E-state index contributed by atoms with van der Waals surface area (Å²) in [5.74, 6) is 1.56.